The lowest BCUT2D eigenvalue weighted by Crippen LogP contribution is -2.40. The Balaban J connectivity index is 1.52. The minimum absolute atomic E-state index is 0.0213. The van der Waals surface area contributed by atoms with E-state index in [1.54, 1.807) is 6.20 Å². The number of aromatic amines is 1. The molecule has 1 amide bonds. The summed E-state index contributed by atoms with van der Waals surface area (Å²) in [6.45, 7) is 3.25. The molecular weight excluding hydrogens is 316 g/mol. The van der Waals surface area contributed by atoms with E-state index in [-0.39, 0.29) is 17.4 Å². The van der Waals surface area contributed by atoms with Gasteiger partial charge in [-0.1, -0.05) is 18.2 Å². The van der Waals surface area contributed by atoms with Gasteiger partial charge in [-0.15, -0.1) is 0 Å². The highest BCUT2D eigenvalue weighted by Gasteiger charge is 2.23. The summed E-state index contributed by atoms with van der Waals surface area (Å²) in [5, 5.41) is 3.34. The summed E-state index contributed by atoms with van der Waals surface area (Å²) in [6, 6.07) is 11.6. The molecule has 1 aromatic carbocycles. The van der Waals surface area contributed by atoms with E-state index in [2.05, 4.69) is 39.5 Å². The number of piperidine rings is 1. The molecule has 1 aliphatic rings. The zero-order valence-corrected chi connectivity index (χ0v) is 14.2. The van der Waals surface area contributed by atoms with Gasteiger partial charge in [0.15, 0.2) is 0 Å². The Morgan fingerprint density at radius 1 is 1.20 bits per heavy atom. The number of nitrogens with zero attached hydrogens (tertiary/aromatic N) is 1. The van der Waals surface area contributed by atoms with E-state index < -0.39 is 0 Å². The number of carbonyl (C=O) groups is 1. The van der Waals surface area contributed by atoms with Crippen molar-refractivity contribution in [3.63, 3.8) is 0 Å². The Kier molecular flexibility index (Phi) is 5.50. The highest BCUT2D eigenvalue weighted by Crippen LogP contribution is 2.19. The van der Waals surface area contributed by atoms with Gasteiger partial charge in [-0.2, -0.15) is 0 Å². The fourth-order valence-electron chi connectivity index (χ4n) is 3.17. The summed E-state index contributed by atoms with van der Waals surface area (Å²) >= 11 is 0. The molecule has 4 N–H and O–H groups in total. The molecule has 0 aliphatic carbocycles. The van der Waals surface area contributed by atoms with Crippen LogP contribution < -0.4 is 16.6 Å². The van der Waals surface area contributed by atoms with Gasteiger partial charge in [-0.25, -0.2) is 0 Å². The van der Waals surface area contributed by atoms with Crippen LogP contribution in [0.3, 0.4) is 0 Å². The van der Waals surface area contributed by atoms with Gasteiger partial charge in [0.05, 0.1) is 5.92 Å². The predicted molar refractivity (Wildman–Crippen MR) is 98.0 cm³/mol. The number of rotatable bonds is 6. The van der Waals surface area contributed by atoms with Gasteiger partial charge >= 0.3 is 0 Å². The summed E-state index contributed by atoms with van der Waals surface area (Å²) in [5.41, 5.74) is 8.62. The van der Waals surface area contributed by atoms with Gasteiger partial charge in [-0.05, 0) is 42.6 Å². The van der Waals surface area contributed by atoms with Crippen molar-refractivity contribution < 1.29 is 4.79 Å². The van der Waals surface area contributed by atoms with Crippen LogP contribution in [0.25, 0.3) is 0 Å². The zero-order chi connectivity index (χ0) is 17.6. The van der Waals surface area contributed by atoms with E-state index >= 15 is 0 Å². The molecule has 1 aliphatic heterocycles. The van der Waals surface area contributed by atoms with E-state index in [1.165, 1.54) is 11.6 Å². The van der Waals surface area contributed by atoms with Crippen molar-refractivity contribution in [2.45, 2.75) is 25.9 Å². The van der Waals surface area contributed by atoms with E-state index in [0.717, 1.165) is 43.7 Å². The van der Waals surface area contributed by atoms with Crippen LogP contribution in [0.4, 0.5) is 5.69 Å². The average Bonchev–Trinajstić information content (AvgIpc) is 2.63. The zero-order valence-electron chi connectivity index (χ0n) is 14.2. The molecule has 1 unspecified atom stereocenters. The number of nitrogens with one attached hydrogen (secondary N) is 2. The Morgan fingerprint density at radius 2 is 1.96 bits per heavy atom. The van der Waals surface area contributed by atoms with Gasteiger partial charge in [0, 0.05) is 37.6 Å². The van der Waals surface area contributed by atoms with Crippen LogP contribution in [-0.4, -0.2) is 28.9 Å². The van der Waals surface area contributed by atoms with Crippen molar-refractivity contribution in [1.29, 1.82) is 0 Å². The van der Waals surface area contributed by atoms with E-state index in [1.807, 2.05) is 6.07 Å². The number of likely N-dealkylation sites (tertiary alicyclic amines) is 1. The van der Waals surface area contributed by atoms with Gasteiger partial charge in [0.2, 0.25) is 11.5 Å². The third kappa shape index (κ3) is 4.93. The summed E-state index contributed by atoms with van der Waals surface area (Å²) < 4.78 is 0. The lowest BCUT2D eigenvalue weighted by atomic mass is 9.97. The maximum absolute atomic E-state index is 11.4. The van der Waals surface area contributed by atoms with Crippen molar-refractivity contribution in [3.8, 4) is 0 Å². The number of hydrogen-bond acceptors (Lipinski definition) is 4. The molecule has 6 nitrogen and oxygen atoms in total. The monoisotopic (exact) mass is 340 g/mol. The molecule has 0 saturated carbocycles. The molecule has 6 heteroatoms. The lowest BCUT2D eigenvalue weighted by molar-refractivity contribution is -0.123. The number of primary amides is 1. The van der Waals surface area contributed by atoms with Crippen molar-refractivity contribution in [2.24, 2.45) is 11.7 Å². The molecule has 1 fully saturated rings. The highest BCUT2D eigenvalue weighted by molar-refractivity contribution is 5.76. The molecule has 3 rings (SSSR count). The Morgan fingerprint density at radius 3 is 2.64 bits per heavy atom. The molecular formula is C19H24N4O2. The van der Waals surface area contributed by atoms with Crippen LogP contribution in [0.2, 0.25) is 0 Å². The molecule has 1 aromatic heterocycles. The van der Waals surface area contributed by atoms with Crippen molar-refractivity contribution in [2.75, 3.05) is 18.4 Å². The van der Waals surface area contributed by atoms with Gasteiger partial charge in [-0.3, -0.25) is 14.5 Å². The number of benzene rings is 1. The second kappa shape index (κ2) is 7.98. The predicted octanol–water partition coefficient (Wildman–Crippen LogP) is 1.68. The summed E-state index contributed by atoms with van der Waals surface area (Å²) in [5.74, 6) is -0.210. The molecule has 1 saturated heterocycles. The van der Waals surface area contributed by atoms with Crippen LogP contribution in [0.15, 0.2) is 47.4 Å². The molecule has 25 heavy (non-hydrogen) atoms. The molecule has 1 atom stereocenters. The number of amides is 1. The van der Waals surface area contributed by atoms with E-state index in [4.69, 9.17) is 5.73 Å². The molecule has 0 bridgehead atoms. The molecule has 2 aromatic rings. The highest BCUT2D eigenvalue weighted by atomic mass is 16.1. The molecule has 0 radical (unpaired) electrons. The topological polar surface area (TPSA) is 91.2 Å². The van der Waals surface area contributed by atoms with E-state index in [9.17, 15) is 9.59 Å². The molecule has 2 heterocycles. The first kappa shape index (κ1) is 17.2. The minimum Gasteiger partial charge on any atom is -0.381 e. The fourth-order valence-corrected chi connectivity index (χ4v) is 3.17. The Bertz CT molecular complexity index is 749. The number of H-pyrrole nitrogens is 1. The summed E-state index contributed by atoms with van der Waals surface area (Å²) in [4.78, 5) is 27.4. The standard InChI is InChI=1S/C19H24N4O2/c20-19(25)16-2-1-9-23(13-16)12-14-3-6-17(7-4-14)21-10-15-5-8-18(24)22-11-15/h3-8,11,16,21H,1-2,9-10,12-13H2,(H2,20,25)(H,22,24). The first-order valence-corrected chi connectivity index (χ1v) is 8.62. The summed E-state index contributed by atoms with van der Waals surface area (Å²) in [7, 11) is 0. The van der Waals surface area contributed by atoms with Crippen molar-refractivity contribution in [1.82, 2.24) is 9.88 Å². The van der Waals surface area contributed by atoms with Crippen molar-refractivity contribution >= 4 is 11.6 Å². The van der Waals surface area contributed by atoms with Crippen LogP contribution in [0.1, 0.15) is 24.0 Å². The number of hydrogen-bond donors (Lipinski definition) is 3. The number of pyridine rings is 1. The summed E-state index contributed by atoms with van der Waals surface area (Å²) in [6.07, 6.45) is 3.64. The van der Waals surface area contributed by atoms with Crippen LogP contribution >= 0.6 is 0 Å². The minimum atomic E-state index is -0.188. The quantitative estimate of drug-likeness (QED) is 0.746. The van der Waals surface area contributed by atoms with Gasteiger partial charge in [0.1, 0.15) is 0 Å². The number of carbonyl (C=O) groups excluding carboxylic acids is 1. The Hall–Kier alpha value is -2.60. The van der Waals surface area contributed by atoms with Gasteiger partial charge in [0.25, 0.3) is 0 Å². The third-order valence-corrected chi connectivity index (χ3v) is 4.61. The van der Waals surface area contributed by atoms with Gasteiger partial charge < -0.3 is 16.0 Å². The van der Waals surface area contributed by atoms with E-state index in [0.29, 0.717) is 6.54 Å². The average molecular weight is 340 g/mol. The molecule has 0 spiro atoms. The molecule has 132 valence electrons. The maximum atomic E-state index is 11.4. The Labute approximate surface area is 147 Å². The smallest absolute Gasteiger partial charge is 0.247 e. The first-order valence-electron chi connectivity index (χ1n) is 8.62. The largest absolute Gasteiger partial charge is 0.381 e. The van der Waals surface area contributed by atoms with Crippen LogP contribution in [0, 0.1) is 5.92 Å². The van der Waals surface area contributed by atoms with Crippen molar-refractivity contribution in [3.05, 3.63) is 64.1 Å². The number of aromatic nitrogens is 1. The fraction of sp³-hybridized carbons (Fsp3) is 0.368. The SMILES string of the molecule is NC(=O)C1CCCN(Cc2ccc(NCc3ccc(=O)[nH]c3)cc2)C1. The normalized spacial score (nSPS) is 18.0. The third-order valence-electron chi connectivity index (χ3n) is 4.61. The number of nitrogens with two attached hydrogens (primary N) is 1. The second-order valence-electron chi connectivity index (χ2n) is 6.59. The van der Waals surface area contributed by atoms with Crippen LogP contribution in [0.5, 0.6) is 0 Å². The first-order chi connectivity index (χ1) is 12.1. The number of anilines is 1. The lowest BCUT2D eigenvalue weighted by Gasteiger charge is -2.31. The maximum Gasteiger partial charge on any atom is 0.247 e. The second-order valence-corrected chi connectivity index (χ2v) is 6.59. The van der Waals surface area contributed by atoms with Crippen LogP contribution in [-0.2, 0) is 17.9 Å².